The van der Waals surface area contributed by atoms with Gasteiger partial charge in [-0.05, 0) is 36.0 Å². The topological polar surface area (TPSA) is 61.8 Å². The number of carbonyl (C=O) groups is 1. The predicted octanol–water partition coefficient (Wildman–Crippen LogP) is 1.09. The first-order chi connectivity index (χ1) is 8.52. The molecule has 0 unspecified atom stereocenters. The van der Waals surface area contributed by atoms with Crippen molar-refractivity contribution in [3.8, 4) is 11.5 Å². The molecule has 1 heterocycles. The van der Waals surface area contributed by atoms with Crippen molar-refractivity contribution < 1.29 is 14.6 Å². The highest BCUT2D eigenvalue weighted by Crippen LogP contribution is 2.27. The van der Waals surface area contributed by atoms with Gasteiger partial charge in [-0.3, -0.25) is 9.69 Å². The third-order valence-electron chi connectivity index (χ3n) is 2.60. The molecule has 0 spiro atoms. The number of nitrogens with one attached hydrogen (secondary N) is 1. The Hall–Kier alpha value is -2.08. The van der Waals surface area contributed by atoms with Gasteiger partial charge in [-0.15, -0.1) is 0 Å². The summed E-state index contributed by atoms with van der Waals surface area (Å²) in [5.74, 6) is 0.207. The lowest BCUT2D eigenvalue weighted by molar-refractivity contribution is -0.121. The lowest BCUT2D eigenvalue weighted by Crippen LogP contribution is -2.25. The molecule has 1 aromatic carbocycles. The number of ether oxygens (including phenoxy) is 1. The van der Waals surface area contributed by atoms with Crippen molar-refractivity contribution >= 4 is 29.3 Å². The maximum atomic E-state index is 11.7. The van der Waals surface area contributed by atoms with Crippen LogP contribution in [0.3, 0.4) is 0 Å². The van der Waals surface area contributed by atoms with Crippen LogP contribution < -0.4 is 10.1 Å². The van der Waals surface area contributed by atoms with E-state index in [-0.39, 0.29) is 11.7 Å². The predicted molar refractivity (Wildman–Crippen MR) is 71.1 cm³/mol. The number of thiocarbonyl (C=S) groups is 1. The molecule has 0 radical (unpaired) electrons. The van der Waals surface area contributed by atoms with Gasteiger partial charge >= 0.3 is 0 Å². The molecule has 0 aliphatic carbocycles. The van der Waals surface area contributed by atoms with Crippen LogP contribution in [0.4, 0.5) is 0 Å². The molecule has 6 heteroatoms. The Balaban J connectivity index is 2.32. The number of benzene rings is 1. The molecular weight excluding hydrogens is 252 g/mol. The highest BCUT2D eigenvalue weighted by atomic mass is 32.1. The van der Waals surface area contributed by atoms with Crippen molar-refractivity contribution in [3.63, 3.8) is 0 Å². The number of aromatic hydroxyl groups is 1. The molecule has 1 aromatic rings. The number of phenolic OH excluding ortho intramolecular Hbond substituents is 1. The summed E-state index contributed by atoms with van der Waals surface area (Å²) in [7, 11) is 3.08. The van der Waals surface area contributed by atoms with Crippen molar-refractivity contribution in [1.29, 1.82) is 0 Å². The summed E-state index contributed by atoms with van der Waals surface area (Å²) in [6.07, 6.45) is 1.62. The van der Waals surface area contributed by atoms with E-state index in [1.807, 2.05) is 0 Å². The van der Waals surface area contributed by atoms with E-state index < -0.39 is 0 Å². The van der Waals surface area contributed by atoms with Crippen LogP contribution in [-0.2, 0) is 4.79 Å². The summed E-state index contributed by atoms with van der Waals surface area (Å²) in [5, 5.41) is 12.8. The summed E-state index contributed by atoms with van der Waals surface area (Å²) in [4.78, 5) is 13.1. The van der Waals surface area contributed by atoms with Crippen molar-refractivity contribution in [3.05, 3.63) is 29.5 Å². The molecule has 1 saturated heterocycles. The van der Waals surface area contributed by atoms with E-state index in [9.17, 15) is 9.90 Å². The Kier molecular flexibility index (Phi) is 3.20. The average Bonchev–Trinajstić information content (AvgIpc) is 2.57. The van der Waals surface area contributed by atoms with Gasteiger partial charge in [0.1, 0.15) is 5.70 Å². The van der Waals surface area contributed by atoms with Gasteiger partial charge in [0.2, 0.25) is 0 Å². The van der Waals surface area contributed by atoms with Crippen LogP contribution in [0.25, 0.3) is 6.08 Å². The average molecular weight is 264 g/mol. The van der Waals surface area contributed by atoms with Gasteiger partial charge in [0, 0.05) is 7.05 Å². The normalized spacial score (nSPS) is 17.2. The number of carbonyl (C=O) groups excluding carboxylic acids is 1. The summed E-state index contributed by atoms with van der Waals surface area (Å²) in [6.45, 7) is 0. The molecule has 18 heavy (non-hydrogen) atoms. The quantitative estimate of drug-likeness (QED) is 0.618. The summed E-state index contributed by atoms with van der Waals surface area (Å²) < 4.78 is 4.94. The molecule has 2 rings (SSSR count). The third-order valence-corrected chi connectivity index (χ3v) is 2.97. The highest BCUT2D eigenvalue weighted by molar-refractivity contribution is 7.80. The Morgan fingerprint density at radius 3 is 2.72 bits per heavy atom. The smallest absolute Gasteiger partial charge is 0.276 e. The molecule has 1 aliphatic heterocycles. The minimum Gasteiger partial charge on any atom is -0.504 e. The molecule has 0 bridgehead atoms. The summed E-state index contributed by atoms with van der Waals surface area (Å²) in [6, 6.07) is 4.88. The van der Waals surface area contributed by atoms with Crippen molar-refractivity contribution in [2.45, 2.75) is 0 Å². The van der Waals surface area contributed by atoms with Crippen LogP contribution >= 0.6 is 12.2 Å². The van der Waals surface area contributed by atoms with Crippen LogP contribution in [0.5, 0.6) is 11.5 Å². The summed E-state index contributed by atoms with van der Waals surface area (Å²) in [5.41, 5.74) is 1.06. The molecule has 0 atom stereocenters. The van der Waals surface area contributed by atoms with E-state index in [0.29, 0.717) is 22.1 Å². The van der Waals surface area contributed by atoms with Gasteiger partial charge in [0.25, 0.3) is 5.91 Å². The van der Waals surface area contributed by atoms with Gasteiger partial charge in [0.15, 0.2) is 16.6 Å². The Morgan fingerprint density at radius 1 is 1.50 bits per heavy atom. The van der Waals surface area contributed by atoms with E-state index in [2.05, 4.69) is 5.32 Å². The van der Waals surface area contributed by atoms with E-state index in [1.54, 1.807) is 25.3 Å². The maximum absolute atomic E-state index is 11.7. The Labute approximate surface area is 110 Å². The molecule has 5 nitrogen and oxygen atoms in total. The van der Waals surface area contributed by atoms with Crippen LogP contribution in [0.2, 0.25) is 0 Å². The number of methoxy groups -OCH3 is 1. The van der Waals surface area contributed by atoms with Crippen LogP contribution in [0.1, 0.15) is 5.56 Å². The zero-order valence-corrected chi connectivity index (χ0v) is 10.7. The van der Waals surface area contributed by atoms with Crippen molar-refractivity contribution in [2.75, 3.05) is 14.2 Å². The fourth-order valence-corrected chi connectivity index (χ4v) is 1.78. The van der Waals surface area contributed by atoms with Gasteiger partial charge in [-0.25, -0.2) is 0 Å². The fourth-order valence-electron chi connectivity index (χ4n) is 1.59. The number of nitrogens with zero attached hydrogens (tertiary/aromatic N) is 1. The Bertz CT molecular complexity index is 554. The number of hydrogen-bond acceptors (Lipinski definition) is 4. The van der Waals surface area contributed by atoms with Crippen LogP contribution in [0.15, 0.2) is 23.9 Å². The number of rotatable bonds is 2. The van der Waals surface area contributed by atoms with E-state index in [4.69, 9.17) is 17.0 Å². The van der Waals surface area contributed by atoms with Gasteiger partial charge < -0.3 is 15.2 Å². The number of hydrogen-bond donors (Lipinski definition) is 2. The molecule has 1 fully saturated rings. The molecule has 1 amide bonds. The number of likely N-dealkylation sites (N-methyl/N-ethyl adjacent to an activating group) is 1. The zero-order chi connectivity index (χ0) is 13.3. The van der Waals surface area contributed by atoms with E-state index in [0.717, 1.165) is 0 Å². The largest absolute Gasteiger partial charge is 0.504 e. The highest BCUT2D eigenvalue weighted by Gasteiger charge is 2.26. The van der Waals surface area contributed by atoms with Crippen LogP contribution in [-0.4, -0.2) is 35.2 Å². The lowest BCUT2D eigenvalue weighted by atomic mass is 10.1. The molecule has 0 saturated carbocycles. The molecule has 0 aromatic heterocycles. The zero-order valence-electron chi connectivity index (χ0n) is 9.93. The van der Waals surface area contributed by atoms with Crippen LogP contribution in [0, 0.1) is 0 Å². The van der Waals surface area contributed by atoms with Crippen molar-refractivity contribution in [2.24, 2.45) is 0 Å². The van der Waals surface area contributed by atoms with Crippen molar-refractivity contribution in [1.82, 2.24) is 10.2 Å². The maximum Gasteiger partial charge on any atom is 0.276 e. The lowest BCUT2D eigenvalue weighted by Gasteiger charge is -2.04. The monoisotopic (exact) mass is 264 g/mol. The minimum atomic E-state index is -0.199. The first-order valence-corrected chi connectivity index (χ1v) is 5.61. The fraction of sp³-hybridized carbons (Fsp3) is 0.167. The molecular formula is C12H12N2O3S. The second kappa shape index (κ2) is 4.66. The summed E-state index contributed by atoms with van der Waals surface area (Å²) >= 11 is 4.96. The molecule has 94 valence electrons. The first-order valence-electron chi connectivity index (χ1n) is 5.20. The second-order valence-electron chi connectivity index (χ2n) is 3.78. The molecule has 2 N–H and O–H groups in total. The van der Waals surface area contributed by atoms with Gasteiger partial charge in [-0.1, -0.05) is 6.07 Å². The second-order valence-corrected chi connectivity index (χ2v) is 4.17. The first kappa shape index (κ1) is 12.4. The van der Waals surface area contributed by atoms with E-state index >= 15 is 0 Å². The standard InChI is InChI=1S/C12H12N2O3S/c1-14-11(16)8(13-12(14)18)5-7-3-4-10(17-2)9(15)6-7/h3-6,15H,1-2H3,(H,13,18). The number of phenols is 1. The van der Waals surface area contributed by atoms with E-state index in [1.165, 1.54) is 18.1 Å². The Morgan fingerprint density at radius 2 is 2.22 bits per heavy atom. The minimum absolute atomic E-state index is 0.0215. The third kappa shape index (κ3) is 2.14. The molecule has 1 aliphatic rings. The number of amides is 1. The van der Waals surface area contributed by atoms with Gasteiger partial charge in [0.05, 0.1) is 7.11 Å². The SMILES string of the molecule is COc1ccc(C=C2NC(=S)N(C)C2=O)cc1O. The van der Waals surface area contributed by atoms with Gasteiger partial charge in [-0.2, -0.15) is 0 Å².